The van der Waals surface area contributed by atoms with Gasteiger partial charge in [0.05, 0.1) is 29.2 Å². The van der Waals surface area contributed by atoms with Gasteiger partial charge < -0.3 is 16.0 Å². The molecule has 0 aliphatic heterocycles. The number of benzene rings is 2. The summed E-state index contributed by atoms with van der Waals surface area (Å²) in [5.41, 5.74) is 15.4. The standard InChI is InChI=1S/C22H20ClFN6/c23-19(20(25)15-5-2-1-3-6-15)18-21(16-7-4-8-17(24)13-16)28-30(22(18)26)12-11-29-10-9-27-14-29/h1-10,13-14H,11-12,25-26H2/b20-19+. The molecule has 0 atom stereocenters. The minimum absolute atomic E-state index is 0.270. The fourth-order valence-electron chi connectivity index (χ4n) is 3.21. The van der Waals surface area contributed by atoms with Crippen molar-refractivity contribution >= 4 is 28.1 Å². The number of hydrogen-bond acceptors (Lipinski definition) is 4. The Morgan fingerprint density at radius 3 is 2.57 bits per heavy atom. The van der Waals surface area contributed by atoms with E-state index in [0.29, 0.717) is 41.4 Å². The van der Waals surface area contributed by atoms with E-state index in [1.807, 2.05) is 41.1 Å². The Kier molecular flexibility index (Phi) is 5.54. The minimum Gasteiger partial charge on any atom is -0.397 e. The quantitative estimate of drug-likeness (QED) is 0.487. The Balaban J connectivity index is 1.82. The number of hydrogen-bond donors (Lipinski definition) is 2. The molecule has 0 aliphatic carbocycles. The lowest BCUT2D eigenvalue weighted by Gasteiger charge is -2.09. The molecule has 4 aromatic rings. The van der Waals surface area contributed by atoms with E-state index < -0.39 is 0 Å². The number of nitrogen functional groups attached to an aromatic ring is 1. The predicted octanol–water partition coefficient (Wildman–Crippen LogP) is 4.19. The zero-order valence-corrected chi connectivity index (χ0v) is 16.8. The first-order chi connectivity index (χ1) is 14.5. The molecule has 6 nitrogen and oxygen atoms in total. The Hall–Kier alpha value is -3.58. The normalized spacial score (nSPS) is 12.1. The third-order valence-corrected chi connectivity index (χ3v) is 5.15. The molecule has 0 radical (unpaired) electrons. The highest BCUT2D eigenvalue weighted by atomic mass is 35.5. The van der Waals surface area contributed by atoms with Gasteiger partial charge in [-0.2, -0.15) is 5.10 Å². The van der Waals surface area contributed by atoms with Crippen LogP contribution in [0.1, 0.15) is 11.1 Å². The summed E-state index contributed by atoms with van der Waals surface area (Å²) in [6, 6.07) is 15.5. The molecule has 0 bridgehead atoms. The fourth-order valence-corrected chi connectivity index (χ4v) is 3.50. The Bertz CT molecular complexity index is 1180. The van der Waals surface area contributed by atoms with Gasteiger partial charge in [0.2, 0.25) is 0 Å². The number of rotatable bonds is 6. The van der Waals surface area contributed by atoms with E-state index in [2.05, 4.69) is 10.1 Å². The van der Waals surface area contributed by atoms with Gasteiger partial charge >= 0.3 is 0 Å². The summed E-state index contributed by atoms with van der Waals surface area (Å²) in [6.45, 7) is 1.10. The highest BCUT2D eigenvalue weighted by Crippen LogP contribution is 2.38. The van der Waals surface area contributed by atoms with Crippen molar-refractivity contribution < 1.29 is 4.39 Å². The van der Waals surface area contributed by atoms with Crippen molar-refractivity contribution in [2.45, 2.75) is 13.1 Å². The summed E-state index contributed by atoms with van der Waals surface area (Å²) in [4.78, 5) is 4.04. The molecule has 0 amide bonds. The second kappa shape index (κ2) is 8.42. The van der Waals surface area contributed by atoms with Crippen LogP contribution in [0.15, 0.2) is 73.3 Å². The monoisotopic (exact) mass is 422 g/mol. The second-order valence-corrected chi connectivity index (χ2v) is 7.11. The maximum atomic E-state index is 13.9. The van der Waals surface area contributed by atoms with Gasteiger partial charge in [0.1, 0.15) is 17.3 Å². The molecule has 2 aromatic carbocycles. The largest absolute Gasteiger partial charge is 0.397 e. The van der Waals surface area contributed by atoms with E-state index >= 15 is 0 Å². The number of anilines is 1. The van der Waals surface area contributed by atoms with Gasteiger partial charge in [0, 0.05) is 24.5 Å². The summed E-state index contributed by atoms with van der Waals surface area (Å²) in [5, 5.41) is 4.90. The Morgan fingerprint density at radius 2 is 1.87 bits per heavy atom. The van der Waals surface area contributed by atoms with E-state index in [9.17, 15) is 4.39 Å². The fraction of sp³-hybridized carbons (Fsp3) is 0.0909. The molecule has 152 valence electrons. The Labute approximate surface area is 178 Å². The lowest BCUT2D eigenvalue weighted by atomic mass is 10.0. The van der Waals surface area contributed by atoms with Crippen LogP contribution in [0.2, 0.25) is 0 Å². The molecule has 2 heterocycles. The topological polar surface area (TPSA) is 87.7 Å². The molecule has 4 N–H and O–H groups in total. The van der Waals surface area contributed by atoms with Crippen LogP contribution in [0, 0.1) is 5.82 Å². The van der Waals surface area contributed by atoms with Crippen LogP contribution < -0.4 is 11.5 Å². The summed E-state index contributed by atoms with van der Waals surface area (Å²) in [5.74, 6) is -0.0145. The molecule has 8 heteroatoms. The van der Waals surface area contributed by atoms with Gasteiger partial charge in [0.15, 0.2) is 0 Å². The first-order valence-electron chi connectivity index (χ1n) is 9.33. The summed E-state index contributed by atoms with van der Waals surface area (Å²) < 4.78 is 17.5. The van der Waals surface area contributed by atoms with Crippen LogP contribution in [0.5, 0.6) is 0 Å². The van der Waals surface area contributed by atoms with Gasteiger partial charge in [-0.1, -0.05) is 54.1 Å². The van der Waals surface area contributed by atoms with E-state index in [-0.39, 0.29) is 10.8 Å². The van der Waals surface area contributed by atoms with Crippen molar-refractivity contribution in [1.29, 1.82) is 0 Å². The molecular weight excluding hydrogens is 403 g/mol. The molecule has 0 saturated heterocycles. The first-order valence-corrected chi connectivity index (χ1v) is 9.71. The number of nitrogens with zero attached hydrogens (tertiary/aromatic N) is 4. The molecular formula is C22H20ClFN6. The van der Waals surface area contributed by atoms with Crippen molar-refractivity contribution in [3.63, 3.8) is 0 Å². The summed E-state index contributed by atoms with van der Waals surface area (Å²) in [7, 11) is 0. The van der Waals surface area contributed by atoms with E-state index in [4.69, 9.17) is 23.1 Å². The van der Waals surface area contributed by atoms with Crippen molar-refractivity contribution in [3.05, 3.63) is 90.3 Å². The minimum atomic E-state index is -0.374. The third kappa shape index (κ3) is 3.92. The lowest BCUT2D eigenvalue weighted by Crippen LogP contribution is -2.10. The van der Waals surface area contributed by atoms with Crippen LogP contribution in [0.3, 0.4) is 0 Å². The SMILES string of the molecule is N/C(=C(/Cl)c1c(-c2cccc(F)c2)nn(CCn2ccnc2)c1N)c1ccccc1. The maximum Gasteiger partial charge on any atom is 0.131 e. The molecule has 30 heavy (non-hydrogen) atoms. The number of imidazole rings is 1. The average molecular weight is 423 g/mol. The third-order valence-electron chi connectivity index (χ3n) is 4.76. The molecule has 0 saturated carbocycles. The van der Waals surface area contributed by atoms with Gasteiger partial charge in [-0.3, -0.25) is 0 Å². The van der Waals surface area contributed by atoms with Gasteiger partial charge in [-0.25, -0.2) is 14.1 Å². The number of aromatic nitrogens is 4. The lowest BCUT2D eigenvalue weighted by molar-refractivity contribution is 0.540. The molecule has 0 fully saturated rings. The average Bonchev–Trinajstić information content (AvgIpc) is 3.39. The van der Waals surface area contributed by atoms with E-state index in [0.717, 1.165) is 5.56 Å². The predicted molar refractivity (Wildman–Crippen MR) is 118 cm³/mol. The second-order valence-electron chi connectivity index (χ2n) is 6.74. The zero-order valence-electron chi connectivity index (χ0n) is 16.0. The van der Waals surface area contributed by atoms with Crippen LogP contribution in [-0.2, 0) is 13.1 Å². The first kappa shape index (κ1) is 19.7. The van der Waals surface area contributed by atoms with Crippen molar-refractivity contribution in [1.82, 2.24) is 19.3 Å². The molecule has 4 rings (SSSR count). The number of nitrogens with two attached hydrogens (primary N) is 2. The number of aryl methyl sites for hydroxylation is 2. The number of halogens is 2. The van der Waals surface area contributed by atoms with Gasteiger partial charge in [0.25, 0.3) is 0 Å². The van der Waals surface area contributed by atoms with E-state index in [1.54, 1.807) is 29.3 Å². The molecule has 0 spiro atoms. The Morgan fingerprint density at radius 1 is 1.07 bits per heavy atom. The van der Waals surface area contributed by atoms with Crippen LogP contribution in [-0.4, -0.2) is 19.3 Å². The highest BCUT2D eigenvalue weighted by Gasteiger charge is 2.22. The van der Waals surface area contributed by atoms with Crippen molar-refractivity contribution in [2.75, 3.05) is 5.73 Å². The summed E-state index contributed by atoms with van der Waals surface area (Å²) >= 11 is 6.72. The molecule has 0 unspecified atom stereocenters. The maximum absolute atomic E-state index is 13.9. The smallest absolute Gasteiger partial charge is 0.131 e. The van der Waals surface area contributed by atoms with Crippen LogP contribution in [0.4, 0.5) is 10.2 Å². The van der Waals surface area contributed by atoms with Crippen molar-refractivity contribution in [3.8, 4) is 11.3 Å². The van der Waals surface area contributed by atoms with Crippen LogP contribution in [0.25, 0.3) is 22.0 Å². The van der Waals surface area contributed by atoms with E-state index in [1.165, 1.54) is 12.1 Å². The highest BCUT2D eigenvalue weighted by molar-refractivity contribution is 6.53. The van der Waals surface area contributed by atoms with Gasteiger partial charge in [-0.05, 0) is 17.7 Å². The summed E-state index contributed by atoms with van der Waals surface area (Å²) in [6.07, 6.45) is 5.28. The van der Waals surface area contributed by atoms with Crippen LogP contribution >= 0.6 is 11.6 Å². The van der Waals surface area contributed by atoms with Gasteiger partial charge in [-0.15, -0.1) is 0 Å². The van der Waals surface area contributed by atoms with Crippen molar-refractivity contribution in [2.24, 2.45) is 5.73 Å². The molecule has 0 aliphatic rings. The zero-order chi connectivity index (χ0) is 21.1. The molecule has 2 aromatic heterocycles.